The van der Waals surface area contributed by atoms with Gasteiger partial charge in [-0.3, -0.25) is 9.78 Å². The van der Waals surface area contributed by atoms with Crippen LogP contribution in [0.2, 0.25) is 5.02 Å². The number of carbonyl (C=O) groups is 1. The van der Waals surface area contributed by atoms with Crippen LogP contribution in [0, 0.1) is 11.6 Å². The molecule has 2 aromatic rings. The summed E-state index contributed by atoms with van der Waals surface area (Å²) in [4.78, 5) is 15.4. The Bertz CT molecular complexity index is 601. The van der Waals surface area contributed by atoms with E-state index in [1.807, 2.05) is 0 Å². The van der Waals surface area contributed by atoms with Crippen LogP contribution < -0.4 is 0 Å². The van der Waals surface area contributed by atoms with E-state index in [1.165, 1.54) is 30.5 Å². The van der Waals surface area contributed by atoms with Gasteiger partial charge in [-0.15, -0.1) is 0 Å². The minimum Gasteiger partial charge on any atom is -0.294 e. The molecule has 18 heavy (non-hydrogen) atoms. The monoisotopic (exact) mass is 267 g/mol. The number of hydrogen-bond donors (Lipinski definition) is 0. The number of nitrogens with zero attached hydrogens (tertiary/aromatic N) is 1. The van der Waals surface area contributed by atoms with Gasteiger partial charge in [-0.2, -0.15) is 0 Å². The quantitative estimate of drug-likeness (QED) is 0.798. The molecule has 0 spiro atoms. The van der Waals surface area contributed by atoms with Crippen molar-refractivity contribution in [3.8, 4) is 0 Å². The Morgan fingerprint density at radius 3 is 2.78 bits per heavy atom. The zero-order chi connectivity index (χ0) is 13.1. The van der Waals surface area contributed by atoms with Gasteiger partial charge >= 0.3 is 0 Å². The van der Waals surface area contributed by atoms with Crippen molar-refractivity contribution in [3.63, 3.8) is 0 Å². The molecule has 0 radical (unpaired) electrons. The predicted octanol–water partition coefficient (Wildman–Crippen LogP) is 3.44. The molecule has 0 aliphatic heterocycles. The largest absolute Gasteiger partial charge is 0.294 e. The average Bonchev–Trinajstić information content (AvgIpc) is 2.34. The van der Waals surface area contributed by atoms with E-state index in [0.29, 0.717) is 5.56 Å². The maximum absolute atomic E-state index is 13.3. The van der Waals surface area contributed by atoms with Gasteiger partial charge in [-0.25, -0.2) is 8.78 Å². The van der Waals surface area contributed by atoms with Crippen molar-refractivity contribution in [3.05, 3.63) is 64.4 Å². The van der Waals surface area contributed by atoms with Crippen LogP contribution in [-0.4, -0.2) is 10.8 Å². The zero-order valence-corrected chi connectivity index (χ0v) is 9.92. The highest BCUT2D eigenvalue weighted by molar-refractivity contribution is 6.31. The van der Waals surface area contributed by atoms with Crippen LogP contribution in [0.4, 0.5) is 8.78 Å². The molecule has 0 fully saturated rings. The third-order valence-electron chi connectivity index (χ3n) is 2.43. The molecular weight excluding hydrogens is 260 g/mol. The highest BCUT2D eigenvalue weighted by Gasteiger charge is 2.14. The van der Waals surface area contributed by atoms with E-state index >= 15 is 0 Å². The SMILES string of the molecule is O=C(Cc1cc(F)ccc1Cl)c1ccncc1F. The molecule has 92 valence electrons. The van der Waals surface area contributed by atoms with E-state index in [9.17, 15) is 13.6 Å². The summed E-state index contributed by atoms with van der Waals surface area (Å²) in [7, 11) is 0. The molecule has 0 atom stereocenters. The average molecular weight is 268 g/mol. The van der Waals surface area contributed by atoms with E-state index in [4.69, 9.17) is 11.6 Å². The van der Waals surface area contributed by atoms with Gasteiger partial charge in [-0.05, 0) is 29.8 Å². The molecule has 1 aromatic carbocycles. The highest BCUT2D eigenvalue weighted by atomic mass is 35.5. The second kappa shape index (κ2) is 5.23. The molecule has 0 N–H and O–H groups in total. The van der Waals surface area contributed by atoms with Crippen LogP contribution in [0.3, 0.4) is 0 Å². The molecular formula is C13H8ClF2NO. The van der Waals surface area contributed by atoms with Crippen molar-refractivity contribution in [1.29, 1.82) is 0 Å². The number of ketones is 1. The van der Waals surface area contributed by atoms with E-state index < -0.39 is 17.4 Å². The first-order chi connectivity index (χ1) is 8.58. The maximum atomic E-state index is 13.3. The van der Waals surface area contributed by atoms with Gasteiger partial charge in [-0.1, -0.05) is 11.6 Å². The summed E-state index contributed by atoms with van der Waals surface area (Å²) in [6.07, 6.45) is 2.13. The van der Waals surface area contributed by atoms with Crippen molar-refractivity contribution in [2.75, 3.05) is 0 Å². The molecule has 1 aromatic heterocycles. The topological polar surface area (TPSA) is 30.0 Å². The van der Waals surface area contributed by atoms with Crippen LogP contribution in [0.1, 0.15) is 15.9 Å². The summed E-state index contributed by atoms with van der Waals surface area (Å²) in [5.41, 5.74) is 0.253. The van der Waals surface area contributed by atoms with Crippen molar-refractivity contribution in [2.24, 2.45) is 0 Å². The van der Waals surface area contributed by atoms with Crippen LogP contribution in [0.15, 0.2) is 36.7 Å². The molecule has 0 saturated carbocycles. The van der Waals surface area contributed by atoms with E-state index in [1.54, 1.807) is 0 Å². The third kappa shape index (κ3) is 2.71. The fourth-order valence-corrected chi connectivity index (χ4v) is 1.73. The van der Waals surface area contributed by atoms with Gasteiger partial charge in [0.1, 0.15) is 5.82 Å². The predicted molar refractivity (Wildman–Crippen MR) is 63.6 cm³/mol. The van der Waals surface area contributed by atoms with Crippen molar-refractivity contribution >= 4 is 17.4 Å². The number of aromatic nitrogens is 1. The molecule has 2 rings (SSSR count). The first kappa shape index (κ1) is 12.6. The first-order valence-electron chi connectivity index (χ1n) is 5.14. The Morgan fingerprint density at radius 1 is 1.28 bits per heavy atom. The Balaban J connectivity index is 2.27. The van der Waals surface area contributed by atoms with Crippen LogP contribution >= 0.6 is 11.6 Å². The van der Waals surface area contributed by atoms with Gasteiger partial charge in [0.2, 0.25) is 0 Å². The Kier molecular flexibility index (Phi) is 3.67. The Hall–Kier alpha value is -1.81. The normalized spacial score (nSPS) is 10.4. The minimum atomic E-state index is -0.699. The van der Waals surface area contributed by atoms with Gasteiger partial charge in [0, 0.05) is 17.6 Å². The Labute approximate surface area is 107 Å². The highest BCUT2D eigenvalue weighted by Crippen LogP contribution is 2.19. The molecule has 2 nitrogen and oxygen atoms in total. The molecule has 5 heteroatoms. The van der Waals surface area contributed by atoms with Crippen LogP contribution in [0.25, 0.3) is 0 Å². The van der Waals surface area contributed by atoms with Gasteiger partial charge < -0.3 is 0 Å². The fourth-order valence-electron chi connectivity index (χ4n) is 1.55. The molecule has 0 saturated heterocycles. The lowest BCUT2D eigenvalue weighted by atomic mass is 10.0. The molecule has 0 amide bonds. The molecule has 0 bridgehead atoms. The summed E-state index contributed by atoms with van der Waals surface area (Å²) < 4.78 is 26.4. The van der Waals surface area contributed by atoms with Crippen LogP contribution in [-0.2, 0) is 6.42 Å². The number of halogens is 3. The number of Topliss-reactive ketones (excluding diaryl/α,β-unsaturated/α-hetero) is 1. The van der Waals surface area contributed by atoms with Gasteiger partial charge in [0.05, 0.1) is 11.8 Å². The lowest BCUT2D eigenvalue weighted by Gasteiger charge is -2.04. The second-order valence-electron chi connectivity index (χ2n) is 3.69. The number of benzene rings is 1. The van der Waals surface area contributed by atoms with E-state index in [2.05, 4.69) is 4.98 Å². The lowest BCUT2D eigenvalue weighted by molar-refractivity contribution is 0.0989. The smallest absolute Gasteiger partial charge is 0.170 e. The minimum absolute atomic E-state index is 0.0784. The number of hydrogen-bond acceptors (Lipinski definition) is 2. The van der Waals surface area contributed by atoms with Crippen molar-refractivity contribution < 1.29 is 13.6 Å². The number of carbonyl (C=O) groups excluding carboxylic acids is 1. The van der Waals surface area contributed by atoms with E-state index in [0.717, 1.165) is 6.20 Å². The summed E-state index contributed by atoms with van der Waals surface area (Å²) in [5.74, 6) is -1.66. The van der Waals surface area contributed by atoms with E-state index in [-0.39, 0.29) is 17.0 Å². The fraction of sp³-hybridized carbons (Fsp3) is 0.0769. The van der Waals surface area contributed by atoms with Gasteiger partial charge in [0.15, 0.2) is 11.6 Å². The summed E-state index contributed by atoms with van der Waals surface area (Å²) in [6, 6.07) is 5.01. The second-order valence-corrected chi connectivity index (χ2v) is 4.10. The van der Waals surface area contributed by atoms with Crippen LogP contribution in [0.5, 0.6) is 0 Å². The lowest BCUT2D eigenvalue weighted by Crippen LogP contribution is -2.07. The molecule has 0 aliphatic rings. The summed E-state index contributed by atoms with van der Waals surface area (Å²) >= 11 is 5.84. The molecule has 0 unspecified atom stereocenters. The summed E-state index contributed by atoms with van der Waals surface area (Å²) in [5, 5.41) is 0.277. The standard InChI is InChI=1S/C13H8ClF2NO/c14-11-2-1-9(15)5-8(11)6-13(18)10-3-4-17-7-12(10)16/h1-5,7H,6H2. The zero-order valence-electron chi connectivity index (χ0n) is 9.16. The first-order valence-corrected chi connectivity index (χ1v) is 5.52. The Morgan fingerprint density at radius 2 is 2.06 bits per heavy atom. The number of rotatable bonds is 3. The third-order valence-corrected chi connectivity index (χ3v) is 2.80. The van der Waals surface area contributed by atoms with Gasteiger partial charge in [0.25, 0.3) is 0 Å². The number of pyridine rings is 1. The maximum Gasteiger partial charge on any atom is 0.170 e. The van der Waals surface area contributed by atoms with Crippen molar-refractivity contribution in [1.82, 2.24) is 4.98 Å². The molecule has 1 heterocycles. The molecule has 0 aliphatic carbocycles. The van der Waals surface area contributed by atoms with Crippen molar-refractivity contribution in [2.45, 2.75) is 6.42 Å². The summed E-state index contributed by atoms with van der Waals surface area (Å²) in [6.45, 7) is 0.